The van der Waals surface area contributed by atoms with Crippen LogP contribution < -0.4 is 9.47 Å². The number of methoxy groups -OCH3 is 1. The third-order valence-corrected chi connectivity index (χ3v) is 5.95. The van der Waals surface area contributed by atoms with E-state index >= 15 is 0 Å². The monoisotopic (exact) mass is 517 g/mol. The third kappa shape index (κ3) is 7.34. The van der Waals surface area contributed by atoms with E-state index in [4.69, 9.17) is 19.3 Å². The van der Waals surface area contributed by atoms with Crippen molar-refractivity contribution < 1.29 is 29.0 Å². The van der Waals surface area contributed by atoms with Crippen LogP contribution in [0.3, 0.4) is 0 Å². The maximum atomic E-state index is 11.0. The van der Waals surface area contributed by atoms with Crippen LogP contribution in [0.5, 0.6) is 11.5 Å². The maximum Gasteiger partial charge on any atom is 0.341 e. The van der Waals surface area contributed by atoms with E-state index in [2.05, 4.69) is 31.8 Å². The van der Waals surface area contributed by atoms with Gasteiger partial charge in [-0.2, -0.15) is 0 Å². The lowest BCUT2D eigenvalue weighted by molar-refractivity contribution is -0.384. The summed E-state index contributed by atoms with van der Waals surface area (Å²) in [5.74, 6) is 6.58. The van der Waals surface area contributed by atoms with Crippen LogP contribution in [0.2, 0.25) is 0 Å². The molecular weight excluding hydrogens is 486 g/mol. The molecule has 0 radical (unpaired) electrons. The van der Waals surface area contributed by atoms with E-state index in [-0.39, 0.29) is 18.4 Å². The van der Waals surface area contributed by atoms with Crippen LogP contribution in [0.25, 0.3) is 0 Å². The van der Waals surface area contributed by atoms with Crippen LogP contribution in [-0.2, 0) is 16.0 Å². The summed E-state index contributed by atoms with van der Waals surface area (Å²) in [6, 6.07) is 13.9. The number of carboxylic acid groups (broad SMARTS) is 1. The molecule has 0 saturated heterocycles. The van der Waals surface area contributed by atoms with Crippen molar-refractivity contribution in [3.63, 3.8) is 0 Å². The summed E-state index contributed by atoms with van der Waals surface area (Å²) >= 11 is 0. The summed E-state index contributed by atoms with van der Waals surface area (Å²) in [7, 11) is 1.56. The minimum atomic E-state index is -1.02. The number of hydrogen-bond donors (Lipinski definition) is 1. The van der Waals surface area contributed by atoms with Gasteiger partial charge in [0, 0.05) is 24.8 Å². The number of carboxylic acids is 1. The molecule has 0 amide bonds. The number of aryl methyl sites for hydroxylation is 2. The van der Waals surface area contributed by atoms with Crippen molar-refractivity contribution >= 4 is 11.7 Å². The average Bonchev–Trinajstić information content (AvgIpc) is 2.87. The number of carbonyl (C=O) groups is 1. The molecule has 0 aliphatic carbocycles. The molecule has 0 saturated carbocycles. The summed E-state index contributed by atoms with van der Waals surface area (Å²) in [5.41, 5.74) is 6.48. The van der Waals surface area contributed by atoms with Gasteiger partial charge in [0.1, 0.15) is 11.5 Å². The Morgan fingerprint density at radius 3 is 2.24 bits per heavy atom. The first-order valence-corrected chi connectivity index (χ1v) is 12.1. The maximum absolute atomic E-state index is 11.0. The molecule has 8 heteroatoms. The first-order valence-electron chi connectivity index (χ1n) is 12.1. The van der Waals surface area contributed by atoms with Crippen LogP contribution in [-0.4, -0.2) is 36.5 Å². The zero-order valence-corrected chi connectivity index (χ0v) is 22.2. The predicted octanol–water partition coefficient (Wildman–Crippen LogP) is 5.77. The van der Waals surface area contributed by atoms with Gasteiger partial charge in [0.2, 0.25) is 0 Å². The first kappa shape index (κ1) is 28.2. The third-order valence-electron chi connectivity index (χ3n) is 5.95. The number of hydrogen-bond acceptors (Lipinski definition) is 6. The SMILES string of the molecule is COCOc1c(C#Cc2ccc([N+](=O)[O-])cc2)cc(Cc2c(C)cc(OCC(=O)O)cc2C)cc1C(C)C. The topological polar surface area (TPSA) is 108 Å². The lowest BCUT2D eigenvalue weighted by Crippen LogP contribution is -2.10. The highest BCUT2D eigenvalue weighted by atomic mass is 16.7. The fourth-order valence-corrected chi connectivity index (χ4v) is 4.09. The summed E-state index contributed by atoms with van der Waals surface area (Å²) in [4.78, 5) is 21.4. The average molecular weight is 518 g/mol. The molecule has 0 heterocycles. The highest BCUT2D eigenvalue weighted by molar-refractivity contribution is 5.68. The highest BCUT2D eigenvalue weighted by Gasteiger charge is 2.16. The van der Waals surface area contributed by atoms with Gasteiger partial charge in [0.15, 0.2) is 13.4 Å². The second kappa shape index (κ2) is 12.7. The van der Waals surface area contributed by atoms with E-state index in [1.54, 1.807) is 19.2 Å². The second-order valence-corrected chi connectivity index (χ2v) is 9.22. The van der Waals surface area contributed by atoms with Gasteiger partial charge >= 0.3 is 5.97 Å². The van der Waals surface area contributed by atoms with Gasteiger partial charge in [-0.3, -0.25) is 10.1 Å². The van der Waals surface area contributed by atoms with Gasteiger partial charge in [0.25, 0.3) is 5.69 Å². The number of nitro benzene ring substituents is 1. The second-order valence-electron chi connectivity index (χ2n) is 9.22. The van der Waals surface area contributed by atoms with Gasteiger partial charge < -0.3 is 19.3 Å². The Morgan fingerprint density at radius 1 is 1.03 bits per heavy atom. The number of nitrogens with zero attached hydrogens (tertiary/aromatic N) is 1. The number of benzene rings is 3. The molecule has 38 heavy (non-hydrogen) atoms. The Hall–Kier alpha value is -4.35. The van der Waals surface area contributed by atoms with E-state index in [0.29, 0.717) is 29.0 Å². The van der Waals surface area contributed by atoms with Crippen molar-refractivity contribution in [1.82, 2.24) is 0 Å². The Kier molecular flexibility index (Phi) is 9.47. The minimum Gasteiger partial charge on any atom is -0.482 e. The van der Waals surface area contributed by atoms with Crippen molar-refractivity contribution in [3.05, 3.63) is 97.6 Å². The fourth-order valence-electron chi connectivity index (χ4n) is 4.09. The van der Waals surface area contributed by atoms with Gasteiger partial charge in [-0.25, -0.2) is 4.79 Å². The van der Waals surface area contributed by atoms with E-state index < -0.39 is 17.5 Å². The number of nitro groups is 1. The van der Waals surface area contributed by atoms with Crippen molar-refractivity contribution in [1.29, 1.82) is 0 Å². The molecule has 3 rings (SSSR count). The molecule has 0 aliphatic heterocycles. The van der Waals surface area contributed by atoms with Crippen LogP contribution in [0, 0.1) is 35.8 Å². The Balaban J connectivity index is 2.04. The Labute approximate surface area is 222 Å². The van der Waals surface area contributed by atoms with Gasteiger partial charge in [-0.05, 0) is 84.3 Å². The molecule has 0 unspecified atom stereocenters. The zero-order valence-electron chi connectivity index (χ0n) is 22.2. The van der Waals surface area contributed by atoms with Crippen molar-refractivity contribution in [3.8, 4) is 23.3 Å². The lowest BCUT2D eigenvalue weighted by Gasteiger charge is -2.19. The summed E-state index contributed by atoms with van der Waals surface area (Å²) in [6.45, 7) is 7.79. The van der Waals surface area contributed by atoms with Crippen molar-refractivity contribution in [2.45, 2.75) is 40.0 Å². The molecule has 0 fully saturated rings. The molecule has 0 spiro atoms. The van der Waals surface area contributed by atoms with Gasteiger partial charge in [0.05, 0.1) is 10.5 Å². The molecular formula is C30H31NO7. The van der Waals surface area contributed by atoms with Crippen molar-refractivity contribution in [2.75, 3.05) is 20.5 Å². The quantitative estimate of drug-likeness (QED) is 0.157. The molecule has 8 nitrogen and oxygen atoms in total. The summed E-state index contributed by atoms with van der Waals surface area (Å²) in [6.07, 6.45) is 0.632. The van der Waals surface area contributed by atoms with Crippen LogP contribution in [0.4, 0.5) is 5.69 Å². The van der Waals surface area contributed by atoms with E-state index in [9.17, 15) is 14.9 Å². The van der Waals surface area contributed by atoms with Gasteiger partial charge in [-0.15, -0.1) is 0 Å². The normalized spacial score (nSPS) is 10.6. The molecule has 0 bridgehead atoms. The van der Waals surface area contributed by atoms with Crippen LogP contribution >= 0.6 is 0 Å². The van der Waals surface area contributed by atoms with Crippen LogP contribution in [0.1, 0.15) is 58.7 Å². The van der Waals surface area contributed by atoms with E-state index in [1.165, 1.54) is 12.1 Å². The molecule has 0 atom stereocenters. The van der Waals surface area contributed by atoms with Gasteiger partial charge in [-0.1, -0.05) is 31.8 Å². The molecule has 0 aliphatic rings. The predicted molar refractivity (Wildman–Crippen MR) is 144 cm³/mol. The summed E-state index contributed by atoms with van der Waals surface area (Å²) < 4.78 is 16.5. The molecule has 1 N–H and O–H groups in total. The number of ether oxygens (including phenoxy) is 3. The standard InChI is InChI=1S/C30H31NO7/c1-19(2)27-15-23(16-28-20(3)12-26(13-21(28)4)37-17-29(32)33)14-24(30(27)38-18-36-5)9-6-22-7-10-25(11-8-22)31(34)35/h7-8,10-15,19H,16-18H2,1-5H3,(H,32,33). The zero-order chi connectivity index (χ0) is 27.8. The van der Waals surface area contributed by atoms with Crippen molar-refractivity contribution in [2.24, 2.45) is 0 Å². The first-order chi connectivity index (χ1) is 18.1. The number of rotatable bonds is 10. The molecule has 0 aromatic heterocycles. The van der Waals surface area contributed by atoms with Crippen LogP contribution in [0.15, 0.2) is 48.5 Å². The Bertz CT molecular complexity index is 1360. The minimum absolute atomic E-state index is 0.00822. The largest absolute Gasteiger partial charge is 0.482 e. The number of non-ortho nitro benzene ring substituents is 1. The number of aliphatic carboxylic acids is 1. The molecule has 3 aromatic rings. The molecule has 198 valence electrons. The Morgan fingerprint density at radius 2 is 1.68 bits per heavy atom. The summed E-state index contributed by atoms with van der Waals surface area (Å²) in [5, 5.41) is 19.9. The smallest absolute Gasteiger partial charge is 0.341 e. The molecule has 3 aromatic carbocycles. The fraction of sp³-hybridized carbons (Fsp3) is 0.300. The lowest BCUT2D eigenvalue weighted by atomic mass is 9.91. The van der Waals surface area contributed by atoms with E-state index in [0.717, 1.165) is 27.8 Å². The van der Waals surface area contributed by atoms with E-state index in [1.807, 2.05) is 32.0 Å². The highest BCUT2D eigenvalue weighted by Crippen LogP contribution is 2.34.